The Labute approximate surface area is 204 Å². The fourth-order valence-electron chi connectivity index (χ4n) is 3.03. The first kappa shape index (κ1) is 24.0. The number of rotatable bonds is 9. The Balaban J connectivity index is 1.59. The number of anilines is 4. The predicted octanol–water partition coefficient (Wildman–Crippen LogP) is 4.26. The van der Waals surface area contributed by atoms with Crippen LogP contribution in [0.4, 0.5) is 22.3 Å². The molecule has 0 aliphatic carbocycles. The first-order valence-electron chi connectivity index (χ1n) is 10.7. The summed E-state index contributed by atoms with van der Waals surface area (Å²) in [6.45, 7) is 5.50. The maximum absolute atomic E-state index is 13.0. The summed E-state index contributed by atoms with van der Waals surface area (Å²) in [5.41, 5.74) is 3.53. The maximum Gasteiger partial charge on any atom is 0.254 e. The highest BCUT2D eigenvalue weighted by atomic mass is 32.1. The van der Waals surface area contributed by atoms with E-state index >= 15 is 0 Å². The van der Waals surface area contributed by atoms with E-state index in [4.69, 9.17) is 0 Å². The molecule has 5 N–H and O–H groups in total. The normalized spacial score (nSPS) is 12.5. The van der Waals surface area contributed by atoms with Crippen LogP contribution in [0.2, 0.25) is 0 Å². The van der Waals surface area contributed by atoms with Gasteiger partial charge in [-0.3, -0.25) is 4.79 Å². The van der Waals surface area contributed by atoms with Crippen molar-refractivity contribution in [1.82, 2.24) is 20.3 Å². The molecule has 3 heterocycles. The number of fused-ring (bicyclic) bond motifs is 1. The van der Waals surface area contributed by atoms with Gasteiger partial charge in [0, 0.05) is 36.6 Å². The second kappa shape index (κ2) is 10.0. The first-order chi connectivity index (χ1) is 16.2. The molecule has 4 aromatic rings. The molecule has 34 heavy (non-hydrogen) atoms. The van der Waals surface area contributed by atoms with Crippen LogP contribution in [0.5, 0.6) is 0 Å². The number of carbonyl (C=O) groups excluding carboxylic acids is 1. The van der Waals surface area contributed by atoms with E-state index in [0.29, 0.717) is 33.6 Å². The molecule has 0 saturated carbocycles. The van der Waals surface area contributed by atoms with Gasteiger partial charge in [0.1, 0.15) is 5.82 Å². The molecule has 0 spiro atoms. The molecule has 1 amide bonds. The molecule has 0 radical (unpaired) electrons. The third kappa shape index (κ3) is 5.68. The second-order valence-corrected chi connectivity index (χ2v) is 10.5. The van der Waals surface area contributed by atoms with E-state index in [1.165, 1.54) is 17.5 Å². The lowest BCUT2D eigenvalue weighted by molar-refractivity contribution is 0.0252. The minimum atomic E-state index is -0.916. The van der Waals surface area contributed by atoms with Gasteiger partial charge < -0.3 is 26.2 Å². The van der Waals surface area contributed by atoms with E-state index < -0.39 is 5.60 Å². The first-order valence-corrected chi connectivity index (χ1v) is 12.4. The van der Waals surface area contributed by atoms with Crippen LogP contribution in [-0.2, 0) is 6.61 Å². The van der Waals surface area contributed by atoms with Gasteiger partial charge in [0.05, 0.1) is 44.1 Å². The summed E-state index contributed by atoms with van der Waals surface area (Å²) in [5, 5.41) is 29.4. The highest BCUT2D eigenvalue weighted by Gasteiger charge is 2.23. The van der Waals surface area contributed by atoms with Crippen LogP contribution in [0.25, 0.3) is 10.2 Å². The van der Waals surface area contributed by atoms with Crippen LogP contribution >= 0.6 is 22.7 Å². The minimum Gasteiger partial charge on any atom is -0.391 e. The quantitative estimate of drug-likeness (QED) is 0.231. The van der Waals surface area contributed by atoms with E-state index in [1.54, 1.807) is 43.0 Å². The summed E-state index contributed by atoms with van der Waals surface area (Å²) >= 11 is 2.85. The van der Waals surface area contributed by atoms with Gasteiger partial charge in [-0.25, -0.2) is 15.0 Å². The number of hydrogen-bond donors (Lipinski definition) is 5. The molecule has 0 aliphatic rings. The maximum atomic E-state index is 13.0. The van der Waals surface area contributed by atoms with Crippen molar-refractivity contribution in [2.24, 2.45) is 5.92 Å². The zero-order valence-corrected chi connectivity index (χ0v) is 20.6. The number of amides is 1. The molecular formula is C23H26N6O3S2. The third-order valence-electron chi connectivity index (χ3n) is 5.48. The van der Waals surface area contributed by atoms with Gasteiger partial charge in [0.2, 0.25) is 0 Å². The van der Waals surface area contributed by atoms with Crippen LogP contribution in [0.1, 0.15) is 36.0 Å². The lowest BCUT2D eigenvalue weighted by Gasteiger charge is -2.26. The average Bonchev–Trinajstić information content (AvgIpc) is 3.45. The number of aromatic nitrogens is 3. The van der Waals surface area contributed by atoms with Gasteiger partial charge in [-0.15, -0.1) is 11.3 Å². The Hall–Kier alpha value is -3.12. The number of thiazole rings is 2. The van der Waals surface area contributed by atoms with Gasteiger partial charge in [-0.05, 0) is 32.0 Å². The molecule has 178 valence electrons. The van der Waals surface area contributed by atoms with Crippen molar-refractivity contribution in [1.29, 1.82) is 0 Å². The summed E-state index contributed by atoms with van der Waals surface area (Å²) in [5.74, 6) is 0.0869. The Morgan fingerprint density at radius 3 is 2.71 bits per heavy atom. The molecule has 0 saturated heterocycles. The highest BCUT2D eigenvalue weighted by Crippen LogP contribution is 2.29. The van der Waals surface area contributed by atoms with E-state index in [0.717, 1.165) is 15.9 Å². The zero-order valence-electron chi connectivity index (χ0n) is 19.0. The Bertz CT molecular complexity index is 1300. The van der Waals surface area contributed by atoms with Gasteiger partial charge in [0.25, 0.3) is 5.91 Å². The lowest BCUT2D eigenvalue weighted by Crippen LogP contribution is -2.38. The SMILES string of the molecule is C[C@H](CNC(=O)c1cnc(Nc2ccc3ncsc3c2)cc1Nc1ncc(CO)s1)C(C)(C)O. The van der Waals surface area contributed by atoms with Crippen molar-refractivity contribution in [3.63, 3.8) is 0 Å². The number of pyridine rings is 1. The van der Waals surface area contributed by atoms with Gasteiger partial charge in [-0.2, -0.15) is 0 Å². The van der Waals surface area contributed by atoms with Crippen LogP contribution in [0, 0.1) is 5.92 Å². The number of benzene rings is 1. The zero-order chi connectivity index (χ0) is 24.3. The summed E-state index contributed by atoms with van der Waals surface area (Å²) in [4.78, 5) is 26.7. The van der Waals surface area contributed by atoms with Crippen molar-refractivity contribution in [2.75, 3.05) is 17.2 Å². The molecule has 11 heteroatoms. The fraction of sp³-hybridized carbons (Fsp3) is 0.304. The molecule has 1 aromatic carbocycles. The summed E-state index contributed by atoms with van der Waals surface area (Å²) < 4.78 is 1.06. The monoisotopic (exact) mass is 498 g/mol. The third-order valence-corrected chi connectivity index (χ3v) is 7.17. The number of aliphatic hydroxyl groups excluding tert-OH is 1. The summed E-state index contributed by atoms with van der Waals surface area (Å²) in [6, 6.07) is 7.59. The molecular weight excluding hydrogens is 472 g/mol. The van der Waals surface area contributed by atoms with Gasteiger partial charge >= 0.3 is 0 Å². The molecule has 4 rings (SSSR count). The summed E-state index contributed by atoms with van der Waals surface area (Å²) in [6.07, 6.45) is 3.09. The van der Waals surface area contributed by atoms with Crippen LogP contribution in [0.15, 0.2) is 42.2 Å². The molecule has 0 fully saturated rings. The number of carbonyl (C=O) groups is 1. The van der Waals surface area contributed by atoms with Crippen molar-refractivity contribution in [3.05, 3.63) is 52.6 Å². The van der Waals surface area contributed by atoms with Crippen molar-refractivity contribution >= 4 is 61.1 Å². The summed E-state index contributed by atoms with van der Waals surface area (Å²) in [7, 11) is 0. The topological polar surface area (TPSA) is 132 Å². The van der Waals surface area contributed by atoms with E-state index in [-0.39, 0.29) is 18.4 Å². The number of nitrogens with one attached hydrogen (secondary N) is 3. The Morgan fingerprint density at radius 2 is 1.97 bits per heavy atom. The Kier molecular flexibility index (Phi) is 7.08. The largest absolute Gasteiger partial charge is 0.391 e. The molecule has 3 aromatic heterocycles. The van der Waals surface area contributed by atoms with Gasteiger partial charge in [-0.1, -0.05) is 18.3 Å². The standard InChI is InChI=1S/C23H26N6O3S2/c1-13(23(2,3)32)8-25-21(31)16-10-24-20(7-18(16)29-22-26-9-15(11-30)34-22)28-14-4-5-17-19(6-14)33-12-27-17/h4-7,9-10,12-13,30,32H,8,11H2,1-3H3,(H,25,31)(H2,24,26,28,29)/t13-/m1/s1. The molecule has 1 atom stereocenters. The average molecular weight is 499 g/mol. The van der Waals surface area contributed by atoms with E-state index in [9.17, 15) is 15.0 Å². The fourth-order valence-corrected chi connectivity index (χ4v) is 4.43. The second-order valence-electron chi connectivity index (χ2n) is 8.45. The molecule has 0 unspecified atom stereocenters. The smallest absolute Gasteiger partial charge is 0.254 e. The molecule has 0 bridgehead atoms. The highest BCUT2D eigenvalue weighted by molar-refractivity contribution is 7.16. The Morgan fingerprint density at radius 1 is 1.15 bits per heavy atom. The minimum absolute atomic E-state index is 0.106. The van der Waals surface area contributed by atoms with Crippen molar-refractivity contribution in [2.45, 2.75) is 33.0 Å². The lowest BCUT2D eigenvalue weighted by atomic mass is 9.93. The van der Waals surface area contributed by atoms with E-state index in [2.05, 4.69) is 30.9 Å². The molecule has 0 aliphatic heterocycles. The predicted molar refractivity (Wildman–Crippen MR) is 136 cm³/mol. The van der Waals surface area contributed by atoms with Crippen LogP contribution < -0.4 is 16.0 Å². The van der Waals surface area contributed by atoms with Crippen molar-refractivity contribution in [3.8, 4) is 0 Å². The number of hydrogen-bond acceptors (Lipinski definition) is 10. The van der Waals surface area contributed by atoms with Crippen LogP contribution in [-0.4, -0.2) is 43.2 Å². The van der Waals surface area contributed by atoms with Gasteiger partial charge in [0.15, 0.2) is 5.13 Å². The number of aliphatic hydroxyl groups is 2. The van der Waals surface area contributed by atoms with E-state index in [1.807, 2.05) is 25.1 Å². The number of nitrogens with zero attached hydrogens (tertiary/aromatic N) is 3. The van der Waals surface area contributed by atoms with Crippen LogP contribution in [0.3, 0.4) is 0 Å². The molecule has 9 nitrogen and oxygen atoms in total. The van der Waals surface area contributed by atoms with Crippen molar-refractivity contribution < 1.29 is 15.0 Å².